The van der Waals surface area contributed by atoms with Crippen LogP contribution in [0.1, 0.15) is 11.1 Å². The van der Waals surface area contributed by atoms with Crippen LogP contribution in [-0.4, -0.2) is 0 Å². The Hall–Kier alpha value is -3.78. The van der Waals surface area contributed by atoms with Crippen LogP contribution in [0.4, 0.5) is 22.0 Å². The second-order valence-electron chi connectivity index (χ2n) is 9.74. The Morgan fingerprint density at radius 3 is 2.12 bits per heavy atom. The van der Waals surface area contributed by atoms with Crippen LogP contribution in [0.25, 0.3) is 56.0 Å². The summed E-state index contributed by atoms with van der Waals surface area (Å²) in [6.07, 6.45) is 3.52. The Morgan fingerprint density at radius 1 is 0.780 bits per heavy atom. The van der Waals surface area contributed by atoms with Crippen molar-refractivity contribution in [1.82, 2.24) is 0 Å². The van der Waals surface area contributed by atoms with Gasteiger partial charge in [-0.2, -0.15) is 0 Å². The molecule has 1 unspecified atom stereocenters. The molecule has 5 aromatic carbocycles. The van der Waals surface area contributed by atoms with Crippen molar-refractivity contribution < 1.29 is 22.0 Å². The molecule has 0 bridgehead atoms. The van der Waals surface area contributed by atoms with E-state index in [1.54, 1.807) is 18.2 Å². The van der Waals surface area contributed by atoms with Gasteiger partial charge in [-0.05, 0) is 110 Å². The minimum absolute atomic E-state index is 0.103. The van der Waals surface area contributed by atoms with Gasteiger partial charge >= 0.3 is 0 Å². The Kier molecular flexibility index (Phi) is 7.06. The highest BCUT2D eigenvalue weighted by Gasteiger charge is 2.23. The van der Waals surface area contributed by atoms with Crippen molar-refractivity contribution in [1.29, 1.82) is 0 Å². The van der Waals surface area contributed by atoms with Crippen molar-refractivity contribution in [3.63, 3.8) is 0 Å². The van der Waals surface area contributed by atoms with Gasteiger partial charge in [0.05, 0.1) is 0 Å². The second kappa shape index (κ2) is 10.6. The molecule has 0 fully saturated rings. The van der Waals surface area contributed by atoms with Gasteiger partial charge in [0.25, 0.3) is 0 Å². The summed E-state index contributed by atoms with van der Waals surface area (Å²) in [7, 11) is 2.23. The molecule has 1 atom stereocenters. The van der Waals surface area contributed by atoms with E-state index in [1.807, 2.05) is 43.3 Å². The molecule has 7 heteroatoms. The van der Waals surface area contributed by atoms with Crippen LogP contribution >= 0.6 is 25.2 Å². The molecule has 0 radical (unpaired) electrons. The molecular weight excluding hydrogens is 614 g/mol. The zero-order valence-corrected chi connectivity index (χ0v) is 24.2. The molecule has 0 aromatic heterocycles. The van der Waals surface area contributed by atoms with Gasteiger partial charge in [-0.15, -0.1) is 9.24 Å². The highest BCUT2D eigenvalue weighted by atomic mass is 79.9. The molecule has 0 nitrogen and oxygen atoms in total. The summed E-state index contributed by atoms with van der Waals surface area (Å²) < 4.78 is 71.5. The van der Waals surface area contributed by atoms with Crippen molar-refractivity contribution in [2.45, 2.75) is 12.3 Å². The quantitative estimate of drug-likeness (QED) is 0.0617. The summed E-state index contributed by atoms with van der Waals surface area (Å²) in [5.74, 6) is -6.00. The van der Waals surface area contributed by atoms with Gasteiger partial charge in [0.15, 0.2) is 29.1 Å². The Morgan fingerprint density at radius 2 is 1.44 bits per heavy atom. The first-order chi connectivity index (χ1) is 19.7. The van der Waals surface area contributed by atoms with E-state index in [4.69, 9.17) is 0 Å². The number of hydrogen-bond donors (Lipinski definition) is 0. The van der Waals surface area contributed by atoms with Crippen LogP contribution in [0.3, 0.4) is 0 Å². The smallest absolute Gasteiger partial charge is 0.194 e. The molecular formula is C34H19BrF5P. The summed E-state index contributed by atoms with van der Waals surface area (Å²) in [6.45, 7) is 1.90. The van der Waals surface area contributed by atoms with Crippen molar-refractivity contribution in [3.05, 3.63) is 123 Å². The van der Waals surface area contributed by atoms with Crippen LogP contribution in [-0.2, 0) is 5.33 Å². The van der Waals surface area contributed by atoms with Gasteiger partial charge in [-0.3, -0.25) is 0 Å². The lowest BCUT2D eigenvalue weighted by atomic mass is 9.83. The SMILES string of the molecule is Cc1c(-c2cc(F)c(F)c(P)c2)cc2ccccc2c1-c1c(CBr)c(-c2cc(F)c(F)c(F)c2)cc2c1=C=C=CC=2. The zero-order chi connectivity index (χ0) is 29.0. The van der Waals surface area contributed by atoms with Crippen LogP contribution in [0.2, 0.25) is 0 Å². The fraction of sp³-hybridized carbons (Fsp3) is 0.0588. The first-order valence-electron chi connectivity index (χ1n) is 12.6. The highest BCUT2D eigenvalue weighted by Crippen LogP contribution is 2.41. The van der Waals surface area contributed by atoms with E-state index in [0.717, 1.165) is 50.0 Å². The number of halogens is 6. The largest absolute Gasteiger partial charge is 0.204 e. The topological polar surface area (TPSA) is 0 Å². The third kappa shape index (κ3) is 4.58. The Balaban J connectivity index is 1.80. The molecule has 41 heavy (non-hydrogen) atoms. The third-order valence-corrected chi connectivity index (χ3v) is 8.34. The average molecular weight is 633 g/mol. The van der Waals surface area contributed by atoms with Crippen molar-refractivity contribution >= 4 is 53.1 Å². The molecule has 6 rings (SSSR count). The average Bonchev–Trinajstić information content (AvgIpc) is 2.97. The van der Waals surface area contributed by atoms with Crippen LogP contribution in [0.5, 0.6) is 0 Å². The molecule has 0 aliphatic heterocycles. The van der Waals surface area contributed by atoms with Crippen molar-refractivity contribution in [3.8, 4) is 33.4 Å². The van der Waals surface area contributed by atoms with Gasteiger partial charge in [-0.1, -0.05) is 51.7 Å². The lowest BCUT2D eigenvalue weighted by molar-refractivity contribution is 0.447. The lowest BCUT2D eigenvalue weighted by Gasteiger charge is -2.21. The van der Waals surface area contributed by atoms with E-state index < -0.39 is 29.1 Å². The monoisotopic (exact) mass is 632 g/mol. The summed E-state index contributed by atoms with van der Waals surface area (Å²) in [6, 6.07) is 16.1. The number of rotatable bonds is 4. The number of fused-ring (bicyclic) bond motifs is 2. The Bertz CT molecular complexity index is 2090. The predicted molar refractivity (Wildman–Crippen MR) is 162 cm³/mol. The van der Waals surface area contributed by atoms with Gasteiger partial charge in [0, 0.05) is 21.4 Å². The molecule has 0 saturated carbocycles. The lowest BCUT2D eigenvalue weighted by Crippen LogP contribution is -2.29. The molecule has 1 aliphatic rings. The van der Waals surface area contributed by atoms with Gasteiger partial charge in [-0.25, -0.2) is 22.0 Å². The number of benzene rings is 5. The van der Waals surface area contributed by atoms with Gasteiger partial charge in [0.2, 0.25) is 0 Å². The number of alkyl halides is 1. The van der Waals surface area contributed by atoms with E-state index in [-0.39, 0.29) is 16.2 Å². The van der Waals surface area contributed by atoms with Crippen LogP contribution < -0.4 is 15.7 Å². The maximum absolute atomic E-state index is 14.6. The summed E-state index contributed by atoms with van der Waals surface area (Å²) >= 11 is 3.59. The maximum Gasteiger partial charge on any atom is 0.194 e. The molecule has 0 spiro atoms. The van der Waals surface area contributed by atoms with E-state index in [2.05, 4.69) is 36.6 Å². The van der Waals surface area contributed by atoms with Gasteiger partial charge < -0.3 is 0 Å². The maximum atomic E-state index is 14.6. The Labute approximate surface area is 243 Å². The predicted octanol–water partition coefficient (Wildman–Crippen LogP) is 8.12. The minimum Gasteiger partial charge on any atom is -0.204 e. The fourth-order valence-electron chi connectivity index (χ4n) is 5.48. The van der Waals surface area contributed by atoms with E-state index in [9.17, 15) is 22.0 Å². The third-order valence-electron chi connectivity index (χ3n) is 7.36. The summed E-state index contributed by atoms with van der Waals surface area (Å²) in [4.78, 5) is 0. The zero-order valence-electron chi connectivity index (χ0n) is 21.5. The second-order valence-corrected chi connectivity index (χ2v) is 10.9. The molecule has 0 saturated heterocycles. The van der Waals surface area contributed by atoms with E-state index in [1.165, 1.54) is 6.07 Å². The number of hydrogen-bond acceptors (Lipinski definition) is 0. The minimum atomic E-state index is -1.53. The normalized spacial score (nSPS) is 11.9. The fourth-order valence-corrected chi connectivity index (χ4v) is 6.38. The first kappa shape index (κ1) is 27.4. The molecule has 1 aliphatic carbocycles. The molecule has 0 N–H and O–H groups in total. The van der Waals surface area contributed by atoms with Crippen LogP contribution in [0, 0.1) is 36.0 Å². The van der Waals surface area contributed by atoms with E-state index >= 15 is 0 Å². The number of allylic oxidation sites excluding steroid dienone is 1. The summed E-state index contributed by atoms with van der Waals surface area (Å²) in [5.41, 5.74) is 11.1. The van der Waals surface area contributed by atoms with Gasteiger partial charge in [0.1, 0.15) is 0 Å². The molecule has 5 aromatic rings. The van der Waals surface area contributed by atoms with Crippen molar-refractivity contribution in [2.75, 3.05) is 0 Å². The highest BCUT2D eigenvalue weighted by molar-refractivity contribution is 9.08. The van der Waals surface area contributed by atoms with E-state index in [0.29, 0.717) is 22.3 Å². The molecule has 0 heterocycles. The standard InChI is InChI=1S/C34H19BrF5P/c1-17-24(21-14-29(38)34(40)30(41)15-21)10-18-6-2-4-8-22(18)31(17)32-23-9-5-3-7-19(23)11-25(26(32)16-35)20-12-27(36)33(39)28(37)13-20/h2-4,6-8,10-15H,16,41H2,1H3. The summed E-state index contributed by atoms with van der Waals surface area (Å²) in [5, 5.41) is 3.59. The molecule has 202 valence electrons. The molecule has 0 amide bonds. The van der Waals surface area contributed by atoms with Crippen LogP contribution in [0.15, 0.2) is 72.5 Å². The van der Waals surface area contributed by atoms with Crippen molar-refractivity contribution in [2.24, 2.45) is 0 Å². The first-order valence-corrected chi connectivity index (χ1v) is 14.3.